The first kappa shape index (κ1) is 14.3. The third kappa shape index (κ3) is 3.93. The van der Waals surface area contributed by atoms with Crippen LogP contribution in [-0.2, 0) is 6.42 Å². The van der Waals surface area contributed by atoms with Crippen LogP contribution >= 0.6 is 0 Å². The van der Waals surface area contributed by atoms with Gasteiger partial charge in [-0.25, -0.2) is 9.59 Å². The van der Waals surface area contributed by atoms with Crippen LogP contribution < -0.4 is 10.6 Å². The minimum Gasteiger partial charge on any atom is -0.508 e. The molecule has 4 N–H and O–H groups in total. The lowest BCUT2D eigenvalue weighted by molar-refractivity contribution is 0.0697. The van der Waals surface area contributed by atoms with Crippen LogP contribution in [0.1, 0.15) is 16.2 Å². The molecule has 1 heterocycles. The molecule has 0 saturated heterocycles. The number of carboxylic acids is 1. The molecule has 9 nitrogen and oxygen atoms in total. The summed E-state index contributed by atoms with van der Waals surface area (Å²) in [5, 5.41) is 26.6. The number of rotatable bonds is 5. The van der Waals surface area contributed by atoms with Crippen molar-refractivity contribution in [1.82, 2.24) is 15.5 Å². The Balaban J connectivity index is 1.92. The fourth-order valence-corrected chi connectivity index (χ4v) is 1.57. The summed E-state index contributed by atoms with van der Waals surface area (Å²) < 4.78 is 4.76. The smallest absolute Gasteiger partial charge is 0.337 e. The van der Waals surface area contributed by atoms with Crippen LogP contribution in [0.2, 0.25) is 0 Å². The van der Waals surface area contributed by atoms with Crippen LogP contribution in [-0.4, -0.2) is 38.9 Å². The summed E-state index contributed by atoms with van der Waals surface area (Å²) in [6, 6.07) is 3.05. The number of carbonyl (C=O) groups excluding carboxylic acids is 1. The molecule has 110 valence electrons. The molecule has 0 unspecified atom stereocenters. The molecule has 2 aromatic rings. The van der Waals surface area contributed by atoms with Crippen LogP contribution in [0, 0.1) is 0 Å². The number of aromatic hydroxyl groups is 1. The molecule has 21 heavy (non-hydrogen) atoms. The van der Waals surface area contributed by atoms with Crippen LogP contribution in [0.3, 0.4) is 0 Å². The van der Waals surface area contributed by atoms with E-state index in [0.29, 0.717) is 12.3 Å². The number of phenolic OH excluding ortho intramolecular Hbond substituents is 1. The first-order valence-electron chi connectivity index (χ1n) is 5.93. The van der Waals surface area contributed by atoms with Gasteiger partial charge in [0.15, 0.2) is 6.33 Å². The Morgan fingerprint density at radius 3 is 2.81 bits per heavy atom. The second kappa shape index (κ2) is 6.37. The van der Waals surface area contributed by atoms with E-state index in [0.717, 1.165) is 6.07 Å². The normalized spacial score (nSPS) is 10.1. The maximum atomic E-state index is 11.7. The second-order valence-electron chi connectivity index (χ2n) is 4.00. The molecular weight excluding hydrogens is 280 g/mol. The van der Waals surface area contributed by atoms with Gasteiger partial charge < -0.3 is 25.4 Å². The van der Waals surface area contributed by atoms with Gasteiger partial charge in [0.2, 0.25) is 5.89 Å². The molecule has 0 fully saturated rings. The molecule has 0 spiro atoms. The third-order valence-electron chi connectivity index (χ3n) is 2.51. The summed E-state index contributed by atoms with van der Waals surface area (Å²) >= 11 is 0. The molecule has 0 aliphatic carbocycles. The molecule has 2 amide bonds. The fourth-order valence-electron chi connectivity index (χ4n) is 1.57. The SMILES string of the molecule is O=C(NCCc1ncno1)Nc1ccc(O)cc1C(=O)O. The number of amides is 2. The number of nitrogens with one attached hydrogen (secondary N) is 2. The number of aromatic carboxylic acids is 1. The highest BCUT2D eigenvalue weighted by atomic mass is 16.5. The van der Waals surface area contributed by atoms with Crippen molar-refractivity contribution in [1.29, 1.82) is 0 Å². The lowest BCUT2D eigenvalue weighted by atomic mass is 10.1. The average Bonchev–Trinajstić information content (AvgIpc) is 2.94. The van der Waals surface area contributed by atoms with Crippen LogP contribution in [0.15, 0.2) is 29.0 Å². The topological polar surface area (TPSA) is 138 Å². The van der Waals surface area contributed by atoms with E-state index >= 15 is 0 Å². The zero-order valence-electron chi connectivity index (χ0n) is 10.7. The van der Waals surface area contributed by atoms with Crippen LogP contribution in [0.25, 0.3) is 0 Å². The van der Waals surface area contributed by atoms with Crippen molar-refractivity contribution < 1.29 is 24.3 Å². The number of hydrogen-bond acceptors (Lipinski definition) is 6. The Bertz CT molecular complexity index is 641. The number of aromatic nitrogens is 2. The summed E-state index contributed by atoms with van der Waals surface area (Å²) in [5.74, 6) is -1.08. The number of carboxylic acid groups (broad SMARTS) is 1. The van der Waals surface area contributed by atoms with E-state index in [-0.39, 0.29) is 23.5 Å². The van der Waals surface area contributed by atoms with Crippen LogP contribution in [0.4, 0.5) is 10.5 Å². The molecule has 0 saturated carbocycles. The van der Waals surface area contributed by atoms with Crippen molar-refractivity contribution in [3.8, 4) is 5.75 Å². The van der Waals surface area contributed by atoms with Gasteiger partial charge in [-0.15, -0.1) is 0 Å². The van der Waals surface area contributed by atoms with E-state index in [9.17, 15) is 14.7 Å². The van der Waals surface area contributed by atoms with Gasteiger partial charge in [0.25, 0.3) is 0 Å². The Labute approximate surface area is 118 Å². The van der Waals surface area contributed by atoms with Crippen molar-refractivity contribution in [2.75, 3.05) is 11.9 Å². The molecular formula is C12H12N4O5. The number of phenols is 1. The molecule has 0 aliphatic rings. The minimum absolute atomic E-state index is 0.0793. The van der Waals surface area contributed by atoms with E-state index in [1.54, 1.807) is 0 Å². The highest BCUT2D eigenvalue weighted by Crippen LogP contribution is 2.21. The number of carbonyl (C=O) groups is 2. The average molecular weight is 292 g/mol. The van der Waals surface area contributed by atoms with E-state index in [4.69, 9.17) is 9.63 Å². The molecule has 0 atom stereocenters. The lowest BCUT2D eigenvalue weighted by Gasteiger charge is -2.09. The van der Waals surface area contributed by atoms with Gasteiger partial charge in [-0.3, -0.25) is 0 Å². The summed E-state index contributed by atoms with van der Waals surface area (Å²) in [7, 11) is 0. The lowest BCUT2D eigenvalue weighted by Crippen LogP contribution is -2.31. The molecule has 0 radical (unpaired) electrons. The Hall–Kier alpha value is -3.10. The minimum atomic E-state index is -1.26. The van der Waals surface area contributed by atoms with Crippen molar-refractivity contribution >= 4 is 17.7 Å². The number of nitrogens with zero attached hydrogens (tertiary/aromatic N) is 2. The van der Waals surface area contributed by atoms with Gasteiger partial charge in [0.1, 0.15) is 5.75 Å². The monoisotopic (exact) mass is 292 g/mol. The Morgan fingerprint density at radius 1 is 1.33 bits per heavy atom. The van der Waals surface area contributed by atoms with E-state index in [1.807, 2.05) is 0 Å². The van der Waals surface area contributed by atoms with Crippen molar-refractivity contribution in [2.45, 2.75) is 6.42 Å². The third-order valence-corrected chi connectivity index (χ3v) is 2.51. The molecule has 1 aromatic heterocycles. The highest BCUT2D eigenvalue weighted by molar-refractivity contribution is 6.00. The zero-order valence-corrected chi connectivity index (χ0v) is 10.7. The van der Waals surface area contributed by atoms with Crippen LogP contribution in [0.5, 0.6) is 5.75 Å². The quantitative estimate of drug-likeness (QED) is 0.599. The van der Waals surface area contributed by atoms with Crippen molar-refractivity contribution in [3.63, 3.8) is 0 Å². The molecule has 1 aromatic carbocycles. The number of anilines is 1. The van der Waals surface area contributed by atoms with Crippen molar-refractivity contribution in [2.24, 2.45) is 0 Å². The summed E-state index contributed by atoms with van der Waals surface area (Å²) in [5.41, 5.74) is -0.127. The summed E-state index contributed by atoms with van der Waals surface area (Å²) in [6.45, 7) is 0.245. The first-order valence-corrected chi connectivity index (χ1v) is 5.93. The van der Waals surface area contributed by atoms with Crippen molar-refractivity contribution in [3.05, 3.63) is 36.0 Å². The maximum absolute atomic E-state index is 11.7. The van der Waals surface area contributed by atoms with Gasteiger partial charge >= 0.3 is 12.0 Å². The summed E-state index contributed by atoms with van der Waals surface area (Å²) in [6.07, 6.45) is 1.61. The number of urea groups is 1. The Kier molecular flexibility index (Phi) is 4.34. The molecule has 0 bridgehead atoms. The first-order chi connectivity index (χ1) is 10.1. The molecule has 2 rings (SSSR count). The predicted molar refractivity (Wildman–Crippen MR) is 70.1 cm³/mol. The highest BCUT2D eigenvalue weighted by Gasteiger charge is 2.13. The zero-order chi connectivity index (χ0) is 15.2. The van der Waals surface area contributed by atoms with E-state index < -0.39 is 12.0 Å². The maximum Gasteiger partial charge on any atom is 0.337 e. The Morgan fingerprint density at radius 2 is 2.14 bits per heavy atom. The standard InChI is InChI=1S/C12H12N4O5/c17-7-1-2-9(8(5-7)11(18)19)16-12(20)13-4-3-10-14-6-15-21-10/h1-2,5-6,17H,3-4H2,(H,18,19)(H2,13,16,20). The molecule has 0 aliphatic heterocycles. The van der Waals surface area contributed by atoms with Gasteiger partial charge in [0, 0.05) is 13.0 Å². The van der Waals surface area contributed by atoms with Gasteiger partial charge in [0.05, 0.1) is 11.3 Å². The van der Waals surface area contributed by atoms with E-state index in [2.05, 4.69) is 20.8 Å². The number of benzene rings is 1. The van der Waals surface area contributed by atoms with Gasteiger partial charge in [-0.05, 0) is 18.2 Å². The largest absolute Gasteiger partial charge is 0.508 e. The molecule has 9 heteroatoms. The fraction of sp³-hybridized carbons (Fsp3) is 0.167. The summed E-state index contributed by atoms with van der Waals surface area (Å²) in [4.78, 5) is 26.5. The predicted octanol–water partition coefficient (Wildman–Crippen LogP) is 0.838. The van der Waals surface area contributed by atoms with Gasteiger partial charge in [-0.2, -0.15) is 4.98 Å². The van der Waals surface area contributed by atoms with E-state index in [1.165, 1.54) is 18.5 Å². The van der Waals surface area contributed by atoms with Gasteiger partial charge in [-0.1, -0.05) is 5.16 Å². The number of hydrogen-bond donors (Lipinski definition) is 4. The second-order valence-corrected chi connectivity index (χ2v) is 4.00.